The number of aliphatic imine (C=N–C) groups is 1. The van der Waals surface area contributed by atoms with Gasteiger partial charge in [-0.25, -0.2) is 0 Å². The van der Waals surface area contributed by atoms with Gasteiger partial charge in [0.1, 0.15) is 0 Å². The molecule has 1 aromatic heterocycles. The van der Waals surface area contributed by atoms with Gasteiger partial charge in [-0.05, 0) is 99.5 Å². The number of H-pyrrole nitrogens is 1. The lowest BCUT2D eigenvalue weighted by molar-refractivity contribution is -0.173. The van der Waals surface area contributed by atoms with Crippen molar-refractivity contribution in [3.05, 3.63) is 52.7 Å². The number of phenols is 1. The molecular formula is C34H39N7O3. The molecule has 10 heteroatoms. The highest BCUT2D eigenvalue weighted by Gasteiger charge is 2.72. The number of hydrogen-bond donors (Lipinski definition) is 5. The minimum Gasteiger partial charge on any atom is -0.504 e. The van der Waals surface area contributed by atoms with E-state index in [-0.39, 0.29) is 11.8 Å². The van der Waals surface area contributed by atoms with Gasteiger partial charge in [0, 0.05) is 47.7 Å². The first kappa shape index (κ1) is 26.6. The molecule has 2 saturated heterocycles. The average molecular weight is 594 g/mol. The molecule has 3 unspecified atom stereocenters. The van der Waals surface area contributed by atoms with Gasteiger partial charge in [-0.3, -0.25) is 15.2 Å². The molecular weight excluding hydrogens is 554 g/mol. The van der Waals surface area contributed by atoms with Crippen molar-refractivity contribution in [3.63, 3.8) is 0 Å². The Hall–Kier alpha value is -3.78. The van der Waals surface area contributed by atoms with Crippen LogP contribution in [0, 0.1) is 17.4 Å². The van der Waals surface area contributed by atoms with Gasteiger partial charge in [-0.15, -0.1) is 0 Å². The van der Waals surface area contributed by atoms with E-state index in [0.29, 0.717) is 24.7 Å². The van der Waals surface area contributed by atoms with E-state index in [2.05, 4.69) is 36.5 Å². The second-order valence-corrected chi connectivity index (χ2v) is 13.8. The van der Waals surface area contributed by atoms with Crippen molar-refractivity contribution in [2.45, 2.75) is 68.1 Å². The lowest BCUT2D eigenvalue weighted by atomic mass is 9.49. The van der Waals surface area contributed by atoms with Crippen molar-refractivity contribution in [1.29, 1.82) is 5.26 Å². The van der Waals surface area contributed by atoms with Crippen LogP contribution in [-0.4, -0.2) is 81.9 Å². The van der Waals surface area contributed by atoms with E-state index in [9.17, 15) is 15.5 Å². The molecule has 0 radical (unpaired) electrons. The van der Waals surface area contributed by atoms with Gasteiger partial charge in [-0.2, -0.15) is 5.26 Å². The zero-order valence-electron chi connectivity index (χ0n) is 24.9. The minimum absolute atomic E-state index is 0.0143. The third-order valence-corrected chi connectivity index (χ3v) is 11.5. The maximum absolute atomic E-state index is 13.1. The summed E-state index contributed by atoms with van der Waals surface area (Å²) in [6.45, 7) is 5.68. The summed E-state index contributed by atoms with van der Waals surface area (Å²) in [5, 5.41) is 40.5. The van der Waals surface area contributed by atoms with E-state index < -0.39 is 17.1 Å². The zero-order valence-corrected chi connectivity index (χ0v) is 24.9. The van der Waals surface area contributed by atoms with Crippen molar-refractivity contribution < 1.29 is 14.9 Å². The normalized spacial score (nSPS) is 30.5. The summed E-state index contributed by atoms with van der Waals surface area (Å²) in [4.78, 5) is 13.3. The quantitative estimate of drug-likeness (QED) is 0.127. The maximum Gasteiger partial charge on any atom is 0.209 e. The number of guanidine groups is 1. The van der Waals surface area contributed by atoms with Crippen LogP contribution in [0.3, 0.4) is 0 Å². The molecule has 1 saturated carbocycles. The third kappa shape index (κ3) is 3.73. The lowest BCUT2D eigenvalue weighted by Gasteiger charge is -2.62. The van der Waals surface area contributed by atoms with Crippen molar-refractivity contribution in [1.82, 2.24) is 20.1 Å². The largest absolute Gasteiger partial charge is 0.504 e. The number of rotatable bonds is 6. The van der Waals surface area contributed by atoms with Gasteiger partial charge < -0.3 is 30.2 Å². The van der Waals surface area contributed by atoms with E-state index >= 15 is 0 Å². The summed E-state index contributed by atoms with van der Waals surface area (Å²) in [5.41, 5.74) is 4.44. The third-order valence-electron chi connectivity index (χ3n) is 11.5. The molecule has 4 heterocycles. The highest BCUT2D eigenvalue weighted by Crippen LogP contribution is 2.69. The van der Waals surface area contributed by atoms with Crippen LogP contribution >= 0.6 is 0 Å². The first-order valence-corrected chi connectivity index (χ1v) is 16.3. The Morgan fingerprint density at radius 3 is 2.86 bits per heavy atom. The fourth-order valence-electron chi connectivity index (χ4n) is 9.31. The second-order valence-electron chi connectivity index (χ2n) is 13.8. The van der Waals surface area contributed by atoms with Gasteiger partial charge in [-0.1, -0.05) is 6.07 Å². The Morgan fingerprint density at radius 1 is 1.18 bits per heavy atom. The Kier molecular flexibility index (Phi) is 5.81. The molecule has 6 aliphatic rings. The molecule has 4 atom stereocenters. The molecule has 3 aromatic rings. The average Bonchev–Trinajstić information content (AvgIpc) is 3.37. The first-order valence-electron chi connectivity index (χ1n) is 16.3. The summed E-state index contributed by atoms with van der Waals surface area (Å²) in [6.07, 6.45) is 8.70. The summed E-state index contributed by atoms with van der Waals surface area (Å²) in [6, 6.07) is 9.92. The number of piperidine rings is 1. The molecule has 5 N–H and O–H groups in total. The Morgan fingerprint density at radius 2 is 2.05 bits per heavy atom. The predicted molar refractivity (Wildman–Crippen MR) is 167 cm³/mol. The number of fused-ring (bicyclic) bond motifs is 4. The number of aromatic nitrogens is 1. The van der Waals surface area contributed by atoms with E-state index in [1.165, 1.54) is 31.2 Å². The number of likely N-dealkylation sites (tertiary alicyclic amines) is 2. The zero-order chi connectivity index (χ0) is 29.6. The molecule has 3 fully saturated rings. The van der Waals surface area contributed by atoms with Gasteiger partial charge in [0.25, 0.3) is 0 Å². The number of phenolic OH excluding ortho intramolecular Hbond substituents is 1. The number of aromatic amines is 1. The number of aliphatic hydroxyl groups is 1. The number of nitrogens with zero attached hydrogens (tertiary/aromatic N) is 4. The summed E-state index contributed by atoms with van der Waals surface area (Å²) in [5.74, 6) is 1.86. The van der Waals surface area contributed by atoms with Crippen molar-refractivity contribution >= 4 is 22.5 Å². The fraction of sp³-hybridized carbons (Fsp3) is 0.529. The smallest absolute Gasteiger partial charge is 0.209 e. The predicted octanol–water partition coefficient (Wildman–Crippen LogP) is 3.51. The number of ether oxygens (including phenoxy) is 1. The molecule has 3 aliphatic heterocycles. The minimum atomic E-state index is -1.03. The molecule has 10 nitrogen and oxygen atoms in total. The van der Waals surface area contributed by atoms with Crippen LogP contribution in [0.15, 0.2) is 35.3 Å². The van der Waals surface area contributed by atoms with Gasteiger partial charge in [0.2, 0.25) is 5.96 Å². The molecule has 2 aromatic carbocycles. The summed E-state index contributed by atoms with van der Waals surface area (Å²) in [7, 11) is 0. The standard InChI is InChI=1S/C34H39N7O3/c35-19-37-32(36-10-14-40-11-1-2-12-40)38-22-6-7-25-23(16-22)24-17-34(43)27-15-21-5-8-26(42)30-28(21)33(34,31(44-30)29(24)39-25)9-13-41(27)18-20-3-4-20/h5-8,16,20,27,31,39,42-43H,1-4,9-15,17-18H2,(H2,36,37,38)/t27?,31-,33?,34?/m0/s1. The van der Waals surface area contributed by atoms with Crippen LogP contribution in [0.25, 0.3) is 10.9 Å². The summed E-state index contributed by atoms with van der Waals surface area (Å²) < 4.78 is 6.73. The highest BCUT2D eigenvalue weighted by molar-refractivity contribution is 5.97. The van der Waals surface area contributed by atoms with E-state index in [4.69, 9.17) is 4.74 Å². The summed E-state index contributed by atoms with van der Waals surface area (Å²) >= 11 is 0. The monoisotopic (exact) mass is 593 g/mol. The van der Waals surface area contributed by atoms with E-state index in [1.54, 1.807) is 6.07 Å². The molecule has 228 valence electrons. The number of nitriles is 1. The topological polar surface area (TPSA) is 132 Å². The van der Waals surface area contributed by atoms with Crippen LogP contribution in [0.1, 0.15) is 60.6 Å². The van der Waals surface area contributed by atoms with Crippen LogP contribution in [0.4, 0.5) is 5.69 Å². The van der Waals surface area contributed by atoms with E-state index in [1.807, 2.05) is 24.4 Å². The molecule has 2 bridgehead atoms. The number of anilines is 1. The Balaban J connectivity index is 1.10. The van der Waals surface area contributed by atoms with Gasteiger partial charge >= 0.3 is 0 Å². The second kappa shape index (κ2) is 9.61. The molecule has 0 amide bonds. The Bertz CT molecular complexity index is 1730. The van der Waals surface area contributed by atoms with Crippen molar-refractivity contribution in [3.8, 4) is 17.7 Å². The number of benzene rings is 2. The number of hydrogen-bond acceptors (Lipinski definition) is 7. The SMILES string of the molecule is N#CNC(=NCCN1CCCC1)Nc1ccc2[nH]c3c(c2c1)CC1(O)C2Cc4ccc(O)c5c4C1(CCN2CC1CC1)[C@H]3O5. The van der Waals surface area contributed by atoms with E-state index in [0.717, 1.165) is 84.9 Å². The maximum atomic E-state index is 13.1. The number of nitrogens with one attached hydrogen (secondary N) is 3. The molecule has 1 spiro atoms. The molecule has 44 heavy (non-hydrogen) atoms. The molecule has 9 rings (SSSR count). The lowest BCUT2D eigenvalue weighted by Crippen LogP contribution is -2.74. The van der Waals surface area contributed by atoms with Crippen molar-refractivity contribution in [2.75, 3.05) is 44.6 Å². The van der Waals surface area contributed by atoms with Gasteiger partial charge in [0.15, 0.2) is 23.8 Å². The van der Waals surface area contributed by atoms with Gasteiger partial charge in [0.05, 0.1) is 23.3 Å². The van der Waals surface area contributed by atoms with Crippen LogP contribution in [0.2, 0.25) is 0 Å². The first-order chi connectivity index (χ1) is 21.5. The number of aromatic hydroxyl groups is 1. The Labute approximate surface area is 256 Å². The van der Waals surface area contributed by atoms with Crippen molar-refractivity contribution in [2.24, 2.45) is 10.9 Å². The fourth-order valence-corrected chi connectivity index (χ4v) is 9.31. The van der Waals surface area contributed by atoms with Crippen LogP contribution < -0.4 is 15.4 Å². The van der Waals surface area contributed by atoms with Crippen LogP contribution in [0.5, 0.6) is 11.5 Å². The molecule has 3 aliphatic carbocycles. The highest BCUT2D eigenvalue weighted by atomic mass is 16.5. The van der Waals surface area contributed by atoms with Crippen LogP contribution in [-0.2, 0) is 18.3 Å².